The number of carbonyl (C=O) groups is 1. The van der Waals surface area contributed by atoms with E-state index in [-0.39, 0.29) is 76.1 Å². The molecule has 0 bridgehead atoms. The summed E-state index contributed by atoms with van der Waals surface area (Å²) >= 11 is 6.61. The number of aliphatic hydroxyl groups excluding tert-OH is 1. The minimum Gasteiger partial charge on any atom is -0.496 e. The average molecular weight is 606 g/mol. The number of hydrogen-bond donors (Lipinski definition) is 4. The van der Waals surface area contributed by atoms with Crippen LogP contribution in [0.25, 0.3) is 16.9 Å². The number of nitrogens with one attached hydrogen (secondary N) is 2. The number of aromatic amines is 1. The first-order chi connectivity index (χ1) is 20.0. The molecule has 0 aliphatic carbocycles. The molecule has 1 amide bonds. The lowest BCUT2D eigenvalue weighted by Gasteiger charge is -2.18. The highest BCUT2D eigenvalue weighted by Gasteiger charge is 2.26. The van der Waals surface area contributed by atoms with Gasteiger partial charge in [-0.25, -0.2) is 18.7 Å². The highest BCUT2D eigenvalue weighted by molar-refractivity contribution is 6.32. The number of nitrogens with zero attached hydrogens (tertiary/aromatic N) is 3. The van der Waals surface area contributed by atoms with Crippen LogP contribution in [0.2, 0.25) is 5.02 Å². The zero-order chi connectivity index (χ0) is 30.6. The Morgan fingerprint density at radius 2 is 1.88 bits per heavy atom. The first-order valence-electron chi connectivity index (χ1n) is 12.6. The average Bonchev–Trinajstić information content (AvgIpc) is 3.29. The van der Waals surface area contributed by atoms with Crippen LogP contribution in [-0.2, 0) is 17.0 Å². The van der Waals surface area contributed by atoms with Gasteiger partial charge in [0.15, 0.2) is 29.6 Å². The summed E-state index contributed by atoms with van der Waals surface area (Å²) in [6, 6.07) is 6.99. The maximum Gasteiger partial charge on any atom is 0.332 e. The molecule has 2 aromatic heterocycles. The van der Waals surface area contributed by atoms with Crippen LogP contribution in [0.15, 0.2) is 35.1 Å². The van der Waals surface area contributed by atoms with Crippen molar-refractivity contribution in [2.75, 3.05) is 34.0 Å². The number of benzene rings is 2. The zero-order valence-electron chi connectivity index (χ0n) is 23.2. The minimum absolute atomic E-state index is 0.000327. The molecule has 15 heteroatoms. The van der Waals surface area contributed by atoms with Gasteiger partial charge in [0.1, 0.15) is 29.3 Å². The van der Waals surface area contributed by atoms with Crippen LogP contribution in [0.5, 0.6) is 23.1 Å². The van der Waals surface area contributed by atoms with Crippen molar-refractivity contribution in [3.05, 3.63) is 63.0 Å². The second-order valence-corrected chi connectivity index (χ2v) is 9.81. The Kier molecular flexibility index (Phi) is 9.19. The molecule has 4 N–H and O–H groups in total. The largest absolute Gasteiger partial charge is 0.496 e. The molecule has 0 saturated heterocycles. The molecule has 2 aromatic carbocycles. The first-order valence-corrected chi connectivity index (χ1v) is 12.9. The summed E-state index contributed by atoms with van der Waals surface area (Å²) < 4.78 is 37.9. The van der Waals surface area contributed by atoms with Gasteiger partial charge in [-0.05, 0) is 26.0 Å². The fourth-order valence-electron chi connectivity index (χ4n) is 3.94. The van der Waals surface area contributed by atoms with Crippen LogP contribution < -0.4 is 30.0 Å². The number of imidazole rings is 1. The van der Waals surface area contributed by atoms with Crippen LogP contribution in [0, 0.1) is 5.82 Å². The molecule has 224 valence electrons. The van der Waals surface area contributed by atoms with E-state index in [1.54, 1.807) is 6.07 Å². The fraction of sp³-hybridized carbons (Fsp3) is 0.333. The van der Waals surface area contributed by atoms with Crippen molar-refractivity contribution < 1.29 is 38.3 Å². The molecule has 2 heterocycles. The predicted molar refractivity (Wildman–Crippen MR) is 149 cm³/mol. The summed E-state index contributed by atoms with van der Waals surface area (Å²) in [6.45, 7) is 1.95. The maximum absolute atomic E-state index is 14.6. The first kappa shape index (κ1) is 30.6. The van der Waals surface area contributed by atoms with Gasteiger partial charge in [-0.3, -0.25) is 9.78 Å². The lowest BCUT2D eigenvalue weighted by molar-refractivity contribution is -0.123. The van der Waals surface area contributed by atoms with Crippen LogP contribution >= 0.6 is 11.6 Å². The summed E-state index contributed by atoms with van der Waals surface area (Å²) in [5.74, 6) is -0.860. The number of H-pyrrole nitrogens is 1. The standard InChI is InChI=1S/C27H29ClFN5O8/c1-27(2,38)25-32-23-22(24(33-25)40-4)31-26(37)34(23)17-11-20(41-12-14-16(29)6-5-7-18(14)39-3)19(10-15(17)28)42-13-21(36)30-8-9-35/h5-7,10-11,35,38H,8-9,12-13H2,1-4H3,(H,30,36)(H,31,37). The number of aromatic nitrogens is 4. The number of hydrogen-bond acceptors (Lipinski definition) is 10. The van der Waals surface area contributed by atoms with Crippen LogP contribution in [-0.4, -0.2) is 69.6 Å². The second kappa shape index (κ2) is 12.6. The molecule has 13 nitrogen and oxygen atoms in total. The van der Waals surface area contributed by atoms with Crippen LogP contribution in [0.4, 0.5) is 4.39 Å². The third-order valence-electron chi connectivity index (χ3n) is 5.96. The molecule has 0 saturated carbocycles. The van der Waals surface area contributed by atoms with Crippen LogP contribution in [0.1, 0.15) is 25.2 Å². The Bertz CT molecular complexity index is 1670. The van der Waals surface area contributed by atoms with Gasteiger partial charge in [-0.15, -0.1) is 0 Å². The molecule has 4 rings (SSSR count). The third-order valence-corrected chi connectivity index (χ3v) is 6.26. The molecule has 0 aliphatic rings. The Morgan fingerprint density at radius 3 is 2.55 bits per heavy atom. The quantitative estimate of drug-likeness (QED) is 0.188. The molecule has 42 heavy (non-hydrogen) atoms. The normalized spacial score (nSPS) is 11.4. The predicted octanol–water partition coefficient (Wildman–Crippen LogP) is 2.21. The summed E-state index contributed by atoms with van der Waals surface area (Å²) in [7, 11) is 2.74. The van der Waals surface area contributed by atoms with Crippen molar-refractivity contribution >= 4 is 28.7 Å². The number of rotatable bonds is 12. The smallest absolute Gasteiger partial charge is 0.332 e. The number of aliphatic hydroxyl groups is 2. The van der Waals surface area contributed by atoms with Gasteiger partial charge in [-0.2, -0.15) is 4.98 Å². The molecule has 0 radical (unpaired) electrons. The van der Waals surface area contributed by atoms with E-state index < -0.39 is 29.6 Å². The van der Waals surface area contributed by atoms with E-state index >= 15 is 0 Å². The SMILES string of the molecule is COc1cccc(F)c1COc1cc(-n2c(=O)[nH]c3c(OC)nc(C(C)(C)O)nc32)c(Cl)cc1OCC(=O)NCCO. The van der Waals surface area contributed by atoms with Gasteiger partial charge in [0, 0.05) is 18.7 Å². The van der Waals surface area contributed by atoms with Gasteiger partial charge in [0.05, 0.1) is 37.1 Å². The molecule has 0 aliphatic heterocycles. The second-order valence-electron chi connectivity index (χ2n) is 9.40. The lowest BCUT2D eigenvalue weighted by Crippen LogP contribution is -2.31. The topological polar surface area (TPSA) is 170 Å². The van der Waals surface area contributed by atoms with Crippen molar-refractivity contribution in [1.82, 2.24) is 24.8 Å². The van der Waals surface area contributed by atoms with Gasteiger partial charge >= 0.3 is 5.69 Å². The van der Waals surface area contributed by atoms with Crippen molar-refractivity contribution in [3.8, 4) is 28.8 Å². The van der Waals surface area contributed by atoms with E-state index in [4.69, 9.17) is 35.7 Å². The molecule has 0 fully saturated rings. The van der Waals surface area contributed by atoms with E-state index in [0.717, 1.165) is 4.57 Å². The van der Waals surface area contributed by atoms with E-state index in [9.17, 15) is 19.1 Å². The molecule has 0 unspecified atom stereocenters. The fourth-order valence-corrected chi connectivity index (χ4v) is 4.17. The van der Waals surface area contributed by atoms with Gasteiger partial charge < -0.3 is 34.5 Å². The highest BCUT2D eigenvalue weighted by Crippen LogP contribution is 2.38. The van der Waals surface area contributed by atoms with Gasteiger partial charge in [0.2, 0.25) is 5.88 Å². The van der Waals surface area contributed by atoms with Gasteiger partial charge in [-0.1, -0.05) is 17.7 Å². The van der Waals surface area contributed by atoms with Crippen molar-refractivity contribution in [2.24, 2.45) is 0 Å². The van der Waals surface area contributed by atoms with Crippen molar-refractivity contribution in [3.63, 3.8) is 0 Å². The monoisotopic (exact) mass is 605 g/mol. The number of ether oxygens (including phenoxy) is 4. The van der Waals surface area contributed by atoms with E-state index in [1.165, 1.54) is 52.3 Å². The highest BCUT2D eigenvalue weighted by atomic mass is 35.5. The van der Waals surface area contributed by atoms with E-state index in [2.05, 4.69) is 20.3 Å². The number of halogens is 2. The Balaban J connectivity index is 1.84. The molecule has 0 atom stereocenters. The summed E-state index contributed by atoms with van der Waals surface area (Å²) in [6.07, 6.45) is 0. The Morgan fingerprint density at radius 1 is 1.14 bits per heavy atom. The summed E-state index contributed by atoms with van der Waals surface area (Å²) in [5, 5.41) is 21.9. The molecule has 4 aromatic rings. The van der Waals surface area contributed by atoms with Crippen LogP contribution in [0.3, 0.4) is 0 Å². The summed E-state index contributed by atoms with van der Waals surface area (Å²) in [4.78, 5) is 36.5. The number of carbonyl (C=O) groups excluding carboxylic acids is 1. The van der Waals surface area contributed by atoms with E-state index in [1.807, 2.05) is 0 Å². The lowest BCUT2D eigenvalue weighted by atomic mass is 10.1. The molecular formula is C27H29ClFN5O8. The minimum atomic E-state index is -1.48. The number of amides is 1. The third kappa shape index (κ3) is 6.40. The molecular weight excluding hydrogens is 577 g/mol. The number of fused-ring (bicyclic) bond motifs is 1. The number of methoxy groups -OCH3 is 2. The van der Waals surface area contributed by atoms with Crippen molar-refractivity contribution in [2.45, 2.75) is 26.1 Å². The van der Waals surface area contributed by atoms with Crippen molar-refractivity contribution in [1.29, 1.82) is 0 Å². The summed E-state index contributed by atoms with van der Waals surface area (Å²) in [5.41, 5.74) is -1.75. The maximum atomic E-state index is 14.6. The Hall–Kier alpha value is -4.40. The molecule has 0 spiro atoms. The van der Waals surface area contributed by atoms with Gasteiger partial charge in [0.25, 0.3) is 5.91 Å². The Labute approximate surface area is 243 Å². The zero-order valence-corrected chi connectivity index (χ0v) is 23.9. The van der Waals surface area contributed by atoms with E-state index in [0.29, 0.717) is 0 Å².